The second-order valence-electron chi connectivity index (χ2n) is 6.10. The quantitative estimate of drug-likeness (QED) is 0.709. The monoisotopic (exact) mass is 372 g/mol. The molecule has 0 saturated carbocycles. The third-order valence-electron chi connectivity index (χ3n) is 3.69. The zero-order valence-electron chi connectivity index (χ0n) is 15.3. The molecule has 0 saturated heterocycles. The lowest BCUT2D eigenvalue weighted by Gasteiger charge is -2.13. The number of nitrogens with one attached hydrogen (secondary N) is 1. The molecule has 1 aromatic carbocycles. The van der Waals surface area contributed by atoms with Gasteiger partial charge < -0.3 is 10.1 Å². The van der Waals surface area contributed by atoms with E-state index in [2.05, 4.69) is 17.2 Å². The van der Waals surface area contributed by atoms with Crippen molar-refractivity contribution in [3.8, 4) is 0 Å². The van der Waals surface area contributed by atoms with Gasteiger partial charge in [0, 0.05) is 17.1 Å². The van der Waals surface area contributed by atoms with Gasteiger partial charge in [-0.15, -0.1) is 0 Å². The summed E-state index contributed by atoms with van der Waals surface area (Å²) in [7, 11) is 0. The van der Waals surface area contributed by atoms with Crippen LogP contribution in [-0.4, -0.2) is 29.5 Å². The van der Waals surface area contributed by atoms with Crippen molar-refractivity contribution >= 4 is 23.6 Å². The summed E-state index contributed by atoms with van der Waals surface area (Å²) in [5.41, 5.74) is 1.52. The minimum Gasteiger partial charge on any atom is -0.452 e. The highest BCUT2D eigenvalue weighted by molar-refractivity contribution is 7.99. The van der Waals surface area contributed by atoms with E-state index >= 15 is 0 Å². The van der Waals surface area contributed by atoms with Gasteiger partial charge in [0.25, 0.3) is 5.91 Å². The number of carbonyl (C=O) groups excluding carboxylic acids is 2. The minimum atomic E-state index is -0.550. The number of rotatable bonds is 8. The Morgan fingerprint density at radius 2 is 1.96 bits per heavy atom. The molecule has 2 rings (SSSR count). The summed E-state index contributed by atoms with van der Waals surface area (Å²) in [6.45, 7) is 5.71. The number of carbonyl (C=O) groups is 2. The number of ether oxygens (including phenoxy) is 1. The maximum atomic E-state index is 12.4. The maximum Gasteiger partial charge on any atom is 0.341 e. The lowest BCUT2D eigenvalue weighted by Crippen LogP contribution is -2.35. The molecule has 1 atom stereocenters. The highest BCUT2D eigenvalue weighted by Crippen LogP contribution is 2.29. The predicted molar refractivity (Wildman–Crippen MR) is 102 cm³/mol. The summed E-state index contributed by atoms with van der Waals surface area (Å²) < 4.78 is 5.16. The molecule has 138 valence electrons. The average Bonchev–Trinajstić information content (AvgIpc) is 2.62. The van der Waals surface area contributed by atoms with E-state index in [1.807, 2.05) is 38.1 Å². The fourth-order valence-corrected chi connectivity index (χ4v) is 3.25. The van der Waals surface area contributed by atoms with Gasteiger partial charge >= 0.3 is 5.97 Å². The van der Waals surface area contributed by atoms with Crippen molar-refractivity contribution in [2.24, 2.45) is 0 Å². The fraction of sp³-hybridized carbons (Fsp3) is 0.350. The van der Waals surface area contributed by atoms with Crippen LogP contribution in [0.5, 0.6) is 0 Å². The largest absolute Gasteiger partial charge is 0.452 e. The Bertz CT molecular complexity index is 747. The van der Waals surface area contributed by atoms with Crippen molar-refractivity contribution in [1.29, 1.82) is 0 Å². The molecule has 0 bridgehead atoms. The first-order valence-electron chi connectivity index (χ1n) is 8.65. The van der Waals surface area contributed by atoms with Crippen LogP contribution in [0.2, 0.25) is 0 Å². The van der Waals surface area contributed by atoms with E-state index in [4.69, 9.17) is 4.74 Å². The Balaban J connectivity index is 1.98. The van der Waals surface area contributed by atoms with Gasteiger partial charge in [-0.3, -0.25) is 4.79 Å². The minimum absolute atomic E-state index is 0.0669. The third kappa shape index (κ3) is 6.19. The van der Waals surface area contributed by atoms with Gasteiger partial charge in [-0.2, -0.15) is 0 Å². The number of aromatic nitrogens is 1. The molecule has 1 aromatic heterocycles. The average molecular weight is 372 g/mol. The normalized spacial score (nSPS) is 11.7. The van der Waals surface area contributed by atoms with Crippen molar-refractivity contribution in [3.63, 3.8) is 0 Å². The molecule has 0 radical (unpaired) electrons. The zero-order valence-corrected chi connectivity index (χ0v) is 16.1. The zero-order chi connectivity index (χ0) is 18.9. The summed E-state index contributed by atoms with van der Waals surface area (Å²) >= 11 is 1.39. The molecule has 0 fully saturated rings. The number of hydrogen-bond acceptors (Lipinski definition) is 5. The lowest BCUT2D eigenvalue weighted by molar-refractivity contribution is -0.124. The third-order valence-corrected chi connectivity index (χ3v) is 4.72. The summed E-state index contributed by atoms with van der Waals surface area (Å²) in [4.78, 5) is 29.5. The molecule has 2 aromatic rings. The van der Waals surface area contributed by atoms with Crippen LogP contribution < -0.4 is 5.32 Å². The number of aryl methyl sites for hydroxylation is 1. The molecule has 1 heterocycles. The summed E-state index contributed by atoms with van der Waals surface area (Å²) in [5, 5.41) is 3.37. The van der Waals surface area contributed by atoms with Gasteiger partial charge in [0.05, 0.1) is 5.56 Å². The number of pyridine rings is 1. The molecule has 0 aliphatic rings. The van der Waals surface area contributed by atoms with Gasteiger partial charge in [0.15, 0.2) is 6.61 Å². The Hall–Kier alpha value is -2.34. The predicted octanol–water partition coefficient (Wildman–Crippen LogP) is 4.00. The van der Waals surface area contributed by atoms with Crippen LogP contribution in [0.4, 0.5) is 0 Å². The van der Waals surface area contributed by atoms with E-state index < -0.39 is 5.97 Å². The van der Waals surface area contributed by atoms with Crippen molar-refractivity contribution in [2.75, 3.05) is 6.61 Å². The smallest absolute Gasteiger partial charge is 0.341 e. The molecular weight excluding hydrogens is 348 g/mol. The lowest BCUT2D eigenvalue weighted by atomic mass is 10.2. The standard InChI is InChI=1S/C20H24N2O3S/c1-4-6-15(3)22-18(23)13-25-20(24)17-7-5-12-21-19(17)26-16-10-8-14(2)9-11-16/h5,7-12,15H,4,6,13H2,1-3H3,(H,22,23)/t15-/m1/s1. The van der Waals surface area contributed by atoms with E-state index in [1.165, 1.54) is 17.3 Å². The molecule has 0 aliphatic carbocycles. The van der Waals surface area contributed by atoms with Gasteiger partial charge in [0.1, 0.15) is 5.03 Å². The van der Waals surface area contributed by atoms with Crippen LogP contribution >= 0.6 is 11.8 Å². The topological polar surface area (TPSA) is 68.3 Å². The molecule has 0 unspecified atom stereocenters. The highest BCUT2D eigenvalue weighted by atomic mass is 32.2. The second-order valence-corrected chi connectivity index (χ2v) is 7.17. The van der Waals surface area contributed by atoms with E-state index in [0.717, 1.165) is 17.7 Å². The molecule has 6 heteroatoms. The molecule has 26 heavy (non-hydrogen) atoms. The molecule has 1 amide bonds. The van der Waals surface area contributed by atoms with Crippen LogP contribution in [0, 0.1) is 6.92 Å². The Morgan fingerprint density at radius 1 is 1.23 bits per heavy atom. The fourth-order valence-electron chi connectivity index (χ4n) is 2.38. The first-order chi connectivity index (χ1) is 12.5. The van der Waals surface area contributed by atoms with Crippen molar-refractivity contribution in [2.45, 2.75) is 49.6 Å². The maximum absolute atomic E-state index is 12.4. The van der Waals surface area contributed by atoms with Crippen LogP contribution in [0.25, 0.3) is 0 Å². The first-order valence-corrected chi connectivity index (χ1v) is 9.47. The molecule has 0 aliphatic heterocycles. The van der Waals surface area contributed by atoms with Crippen LogP contribution in [0.3, 0.4) is 0 Å². The summed E-state index contributed by atoms with van der Waals surface area (Å²) in [6, 6.07) is 11.4. The molecule has 5 nitrogen and oxygen atoms in total. The molecule has 0 spiro atoms. The van der Waals surface area contributed by atoms with Gasteiger partial charge in [0.2, 0.25) is 0 Å². The SMILES string of the molecule is CCC[C@@H](C)NC(=O)COC(=O)c1cccnc1Sc1ccc(C)cc1. The van der Waals surface area contributed by atoms with E-state index in [0.29, 0.717) is 10.6 Å². The van der Waals surface area contributed by atoms with Crippen molar-refractivity contribution in [1.82, 2.24) is 10.3 Å². The molecular formula is C20H24N2O3S. The Kier molecular flexibility index (Phi) is 7.66. The van der Waals surface area contributed by atoms with E-state index in [1.54, 1.807) is 18.3 Å². The van der Waals surface area contributed by atoms with Crippen molar-refractivity contribution < 1.29 is 14.3 Å². The summed E-state index contributed by atoms with van der Waals surface area (Å²) in [6.07, 6.45) is 3.50. The van der Waals surface area contributed by atoms with Gasteiger partial charge in [-0.25, -0.2) is 9.78 Å². The Labute approximate surface area is 158 Å². The van der Waals surface area contributed by atoms with Crippen LogP contribution in [0.1, 0.15) is 42.6 Å². The van der Waals surface area contributed by atoms with E-state index in [-0.39, 0.29) is 18.6 Å². The number of amides is 1. The van der Waals surface area contributed by atoms with Gasteiger partial charge in [-0.05, 0) is 44.5 Å². The molecule has 1 N–H and O–H groups in total. The summed E-state index contributed by atoms with van der Waals surface area (Å²) in [5.74, 6) is -0.845. The van der Waals surface area contributed by atoms with E-state index in [9.17, 15) is 9.59 Å². The first kappa shape index (κ1) is 20.0. The van der Waals surface area contributed by atoms with Crippen molar-refractivity contribution in [3.05, 3.63) is 53.7 Å². The number of nitrogens with zero attached hydrogens (tertiary/aromatic N) is 1. The van der Waals surface area contributed by atoms with Gasteiger partial charge in [-0.1, -0.05) is 42.8 Å². The second kappa shape index (κ2) is 9.97. The van der Waals surface area contributed by atoms with Crippen LogP contribution in [-0.2, 0) is 9.53 Å². The number of benzene rings is 1. The number of esters is 1. The highest BCUT2D eigenvalue weighted by Gasteiger charge is 2.17. The number of hydrogen-bond donors (Lipinski definition) is 1. The Morgan fingerprint density at radius 3 is 2.65 bits per heavy atom. The van der Waals surface area contributed by atoms with Crippen LogP contribution in [0.15, 0.2) is 52.5 Å².